The molecule has 8 heteroatoms. The first-order valence-corrected chi connectivity index (χ1v) is 6.04. The second-order valence-corrected chi connectivity index (χ2v) is 4.56. The summed E-state index contributed by atoms with van der Waals surface area (Å²) in [5.41, 5.74) is 0.299. The van der Waals surface area contributed by atoms with Gasteiger partial charge in [-0.3, -0.25) is 14.9 Å². The second-order valence-electron chi connectivity index (χ2n) is 4.56. The van der Waals surface area contributed by atoms with Crippen LogP contribution in [0.25, 0.3) is 0 Å². The van der Waals surface area contributed by atoms with E-state index in [-0.39, 0.29) is 24.1 Å². The number of carbonyl (C=O) groups excluding carboxylic acids is 1. The molecule has 0 radical (unpaired) electrons. The predicted molar refractivity (Wildman–Crippen MR) is 71.0 cm³/mol. The summed E-state index contributed by atoms with van der Waals surface area (Å²) in [6.45, 7) is 5.65. The molecule has 1 heterocycles. The topological polar surface area (TPSA) is 102 Å². The highest BCUT2D eigenvalue weighted by molar-refractivity contribution is 5.76. The molecular formula is C11H19N5O3. The van der Waals surface area contributed by atoms with E-state index in [4.69, 9.17) is 0 Å². The quantitative estimate of drug-likeness (QED) is 0.591. The van der Waals surface area contributed by atoms with Crippen molar-refractivity contribution in [3.63, 3.8) is 0 Å². The van der Waals surface area contributed by atoms with Gasteiger partial charge in [0.05, 0.1) is 4.92 Å². The van der Waals surface area contributed by atoms with Gasteiger partial charge in [0.15, 0.2) is 0 Å². The fourth-order valence-corrected chi connectivity index (χ4v) is 1.75. The normalized spacial score (nSPS) is 10.6. The third-order valence-electron chi connectivity index (χ3n) is 2.47. The number of aryl methyl sites for hydroxylation is 2. The second kappa shape index (κ2) is 6.17. The highest BCUT2D eigenvalue weighted by Crippen LogP contribution is 2.26. The van der Waals surface area contributed by atoms with Gasteiger partial charge in [-0.1, -0.05) is 0 Å². The summed E-state index contributed by atoms with van der Waals surface area (Å²) in [7, 11) is 1.62. The molecule has 0 aliphatic rings. The summed E-state index contributed by atoms with van der Waals surface area (Å²) in [5.74, 6) is 0.226. The fraction of sp³-hybridized carbons (Fsp3) is 0.636. The van der Waals surface area contributed by atoms with Crippen molar-refractivity contribution in [3.8, 4) is 0 Å². The average molecular weight is 269 g/mol. The lowest BCUT2D eigenvalue weighted by Crippen LogP contribution is -2.31. The van der Waals surface area contributed by atoms with Crippen molar-refractivity contribution in [2.75, 3.05) is 11.9 Å². The van der Waals surface area contributed by atoms with Gasteiger partial charge in [0.2, 0.25) is 11.7 Å². The zero-order chi connectivity index (χ0) is 14.6. The van der Waals surface area contributed by atoms with E-state index in [1.54, 1.807) is 14.0 Å². The molecule has 0 atom stereocenters. The molecule has 8 nitrogen and oxygen atoms in total. The molecule has 0 fully saturated rings. The third kappa shape index (κ3) is 3.94. The summed E-state index contributed by atoms with van der Waals surface area (Å²) in [6, 6.07) is 0.0841. The Kier molecular flexibility index (Phi) is 4.85. The lowest BCUT2D eigenvalue weighted by molar-refractivity contribution is -0.384. The van der Waals surface area contributed by atoms with Crippen LogP contribution in [0.1, 0.15) is 26.0 Å². The number of anilines is 1. The number of rotatable bonds is 6. The number of nitro groups is 1. The lowest BCUT2D eigenvalue weighted by Gasteiger charge is -2.09. The molecule has 1 amide bonds. The average Bonchev–Trinajstić information content (AvgIpc) is 2.52. The SMILES string of the molecule is Cc1nn(C)c(NCCC(=O)NC(C)C)c1[N+](=O)[O-]. The Bertz CT molecular complexity index is 481. The Morgan fingerprint density at radius 2 is 2.16 bits per heavy atom. The van der Waals surface area contributed by atoms with E-state index in [2.05, 4.69) is 15.7 Å². The van der Waals surface area contributed by atoms with E-state index in [0.29, 0.717) is 18.1 Å². The van der Waals surface area contributed by atoms with E-state index >= 15 is 0 Å². The van der Waals surface area contributed by atoms with Gasteiger partial charge < -0.3 is 10.6 Å². The Labute approximate surface area is 111 Å². The molecule has 0 aliphatic carbocycles. The summed E-state index contributed by atoms with van der Waals surface area (Å²) < 4.78 is 1.41. The molecule has 19 heavy (non-hydrogen) atoms. The van der Waals surface area contributed by atoms with Crippen LogP contribution in [0.15, 0.2) is 0 Å². The van der Waals surface area contributed by atoms with Crippen molar-refractivity contribution >= 4 is 17.4 Å². The van der Waals surface area contributed by atoms with Gasteiger partial charge in [-0.2, -0.15) is 5.10 Å². The number of hydrogen-bond donors (Lipinski definition) is 2. The lowest BCUT2D eigenvalue weighted by atomic mass is 10.3. The van der Waals surface area contributed by atoms with Gasteiger partial charge in [0, 0.05) is 26.1 Å². The largest absolute Gasteiger partial charge is 0.364 e. The van der Waals surface area contributed by atoms with Gasteiger partial charge >= 0.3 is 5.69 Å². The molecule has 1 aromatic heterocycles. The monoisotopic (exact) mass is 269 g/mol. The maximum atomic E-state index is 11.4. The van der Waals surface area contributed by atoms with Gasteiger partial charge in [-0.25, -0.2) is 4.68 Å². The molecular weight excluding hydrogens is 250 g/mol. The van der Waals surface area contributed by atoms with Gasteiger partial charge in [0.1, 0.15) is 5.69 Å². The summed E-state index contributed by atoms with van der Waals surface area (Å²) >= 11 is 0. The number of carbonyl (C=O) groups is 1. The summed E-state index contributed by atoms with van der Waals surface area (Å²) in [5, 5.41) is 20.6. The number of nitrogens with zero attached hydrogens (tertiary/aromatic N) is 3. The van der Waals surface area contributed by atoms with E-state index in [0.717, 1.165) is 0 Å². The molecule has 106 valence electrons. The Morgan fingerprint density at radius 1 is 1.53 bits per heavy atom. The molecule has 0 spiro atoms. The highest BCUT2D eigenvalue weighted by atomic mass is 16.6. The van der Waals surface area contributed by atoms with Crippen LogP contribution in [0, 0.1) is 17.0 Å². The van der Waals surface area contributed by atoms with Crippen molar-refractivity contribution in [1.82, 2.24) is 15.1 Å². The van der Waals surface area contributed by atoms with Crippen LogP contribution >= 0.6 is 0 Å². The Hall–Kier alpha value is -2.12. The molecule has 0 saturated heterocycles. The molecule has 1 rings (SSSR count). The smallest absolute Gasteiger partial charge is 0.333 e. The van der Waals surface area contributed by atoms with Crippen molar-refractivity contribution in [2.24, 2.45) is 7.05 Å². The van der Waals surface area contributed by atoms with Crippen LogP contribution in [0.2, 0.25) is 0 Å². The molecule has 0 saturated carbocycles. The van der Waals surface area contributed by atoms with Gasteiger partial charge in [-0.05, 0) is 20.8 Å². The van der Waals surface area contributed by atoms with Gasteiger partial charge in [-0.15, -0.1) is 0 Å². The number of amides is 1. The maximum Gasteiger partial charge on any atom is 0.333 e. The Morgan fingerprint density at radius 3 is 2.68 bits per heavy atom. The minimum absolute atomic E-state index is 0.0493. The van der Waals surface area contributed by atoms with Crippen LogP contribution in [0.3, 0.4) is 0 Å². The van der Waals surface area contributed by atoms with Crippen LogP contribution in [0.4, 0.5) is 11.5 Å². The van der Waals surface area contributed by atoms with Crippen molar-refractivity contribution in [2.45, 2.75) is 33.2 Å². The first-order valence-electron chi connectivity index (χ1n) is 6.04. The Balaban J connectivity index is 2.63. The predicted octanol–water partition coefficient (Wildman–Crippen LogP) is 0.963. The molecule has 2 N–H and O–H groups in total. The molecule has 0 bridgehead atoms. The minimum atomic E-state index is -0.473. The van der Waals surface area contributed by atoms with Crippen LogP contribution in [-0.4, -0.2) is 33.2 Å². The van der Waals surface area contributed by atoms with E-state index in [1.807, 2.05) is 13.8 Å². The maximum absolute atomic E-state index is 11.4. The molecule has 0 aromatic carbocycles. The zero-order valence-electron chi connectivity index (χ0n) is 11.6. The summed E-state index contributed by atoms with van der Waals surface area (Å²) in [6.07, 6.45) is 0.250. The first kappa shape index (κ1) is 14.9. The third-order valence-corrected chi connectivity index (χ3v) is 2.47. The highest BCUT2D eigenvalue weighted by Gasteiger charge is 2.23. The van der Waals surface area contributed by atoms with E-state index in [9.17, 15) is 14.9 Å². The van der Waals surface area contributed by atoms with E-state index in [1.165, 1.54) is 4.68 Å². The van der Waals surface area contributed by atoms with Crippen LogP contribution in [0.5, 0.6) is 0 Å². The van der Waals surface area contributed by atoms with Crippen molar-refractivity contribution < 1.29 is 9.72 Å². The first-order chi connectivity index (χ1) is 8.82. The van der Waals surface area contributed by atoms with Crippen molar-refractivity contribution in [3.05, 3.63) is 15.8 Å². The van der Waals surface area contributed by atoms with Crippen LogP contribution < -0.4 is 10.6 Å². The van der Waals surface area contributed by atoms with E-state index < -0.39 is 4.92 Å². The molecule has 0 aliphatic heterocycles. The standard InChI is InChI=1S/C11H19N5O3/c1-7(2)13-9(17)5-6-12-11-10(16(18)19)8(3)14-15(11)4/h7,12H,5-6H2,1-4H3,(H,13,17). The van der Waals surface area contributed by atoms with Gasteiger partial charge in [0.25, 0.3) is 0 Å². The van der Waals surface area contributed by atoms with Crippen molar-refractivity contribution in [1.29, 1.82) is 0 Å². The summed E-state index contributed by atoms with van der Waals surface area (Å²) in [4.78, 5) is 21.9. The fourth-order valence-electron chi connectivity index (χ4n) is 1.75. The molecule has 1 aromatic rings. The van der Waals surface area contributed by atoms with Crippen LogP contribution in [-0.2, 0) is 11.8 Å². The number of aromatic nitrogens is 2. The zero-order valence-corrected chi connectivity index (χ0v) is 11.6. The molecule has 0 unspecified atom stereocenters. The minimum Gasteiger partial charge on any atom is -0.364 e. The number of nitrogens with one attached hydrogen (secondary N) is 2. The number of hydrogen-bond acceptors (Lipinski definition) is 5.